The molecule has 2 heterocycles. The Labute approximate surface area is 112 Å². The molecule has 2 aromatic rings. The fourth-order valence-electron chi connectivity index (χ4n) is 1.72. The topological polar surface area (TPSA) is 38.9 Å². The molecular formula is C12H17N5S. The summed E-state index contributed by atoms with van der Waals surface area (Å²) >= 11 is 5.28. The first-order valence-corrected chi connectivity index (χ1v) is 6.31. The van der Waals surface area contributed by atoms with Crippen molar-refractivity contribution in [3.05, 3.63) is 41.2 Å². The van der Waals surface area contributed by atoms with Crippen LogP contribution in [0.25, 0.3) is 0 Å². The lowest BCUT2D eigenvalue weighted by Gasteiger charge is -2.20. The molecule has 0 saturated carbocycles. The second-order valence-corrected chi connectivity index (χ2v) is 4.53. The fraction of sp³-hybridized carbons (Fsp3) is 0.417. The van der Waals surface area contributed by atoms with Crippen LogP contribution in [0.1, 0.15) is 12.5 Å². The SMILES string of the molecule is CCN(Cc1ccncc1)Cn1ncn(C)c1=S. The van der Waals surface area contributed by atoms with Crippen molar-refractivity contribution in [2.75, 3.05) is 6.54 Å². The van der Waals surface area contributed by atoms with Gasteiger partial charge in [-0.05, 0) is 36.5 Å². The van der Waals surface area contributed by atoms with Gasteiger partial charge in [-0.15, -0.1) is 0 Å². The van der Waals surface area contributed by atoms with E-state index in [-0.39, 0.29) is 0 Å². The number of pyridine rings is 1. The van der Waals surface area contributed by atoms with Gasteiger partial charge in [0, 0.05) is 26.0 Å². The van der Waals surface area contributed by atoms with E-state index in [1.54, 1.807) is 6.33 Å². The Balaban J connectivity index is 2.06. The van der Waals surface area contributed by atoms with Crippen molar-refractivity contribution in [3.63, 3.8) is 0 Å². The number of nitrogens with zero attached hydrogens (tertiary/aromatic N) is 5. The van der Waals surface area contributed by atoms with Crippen molar-refractivity contribution in [3.8, 4) is 0 Å². The first-order chi connectivity index (χ1) is 8.70. The van der Waals surface area contributed by atoms with Crippen LogP contribution in [0.4, 0.5) is 0 Å². The van der Waals surface area contributed by atoms with E-state index in [0.717, 1.165) is 17.9 Å². The maximum atomic E-state index is 5.28. The van der Waals surface area contributed by atoms with E-state index in [1.807, 2.05) is 40.8 Å². The maximum Gasteiger partial charge on any atom is 0.198 e. The lowest BCUT2D eigenvalue weighted by Crippen LogP contribution is -2.26. The number of hydrogen-bond acceptors (Lipinski definition) is 4. The van der Waals surface area contributed by atoms with Gasteiger partial charge in [0.05, 0.1) is 6.67 Å². The standard InChI is InChI=1S/C12H17N5S/c1-3-16(8-11-4-6-13-7-5-11)10-17-12(18)15(2)9-14-17/h4-7,9H,3,8,10H2,1-2H3. The Kier molecular flexibility index (Phi) is 4.22. The molecule has 0 aliphatic carbocycles. The van der Waals surface area contributed by atoms with Crippen molar-refractivity contribution in [1.82, 2.24) is 24.2 Å². The molecule has 2 aromatic heterocycles. The molecular weight excluding hydrogens is 246 g/mol. The molecule has 96 valence electrons. The summed E-state index contributed by atoms with van der Waals surface area (Å²) in [6.07, 6.45) is 5.37. The normalized spacial score (nSPS) is 11.1. The Morgan fingerprint density at radius 3 is 2.61 bits per heavy atom. The Hall–Kier alpha value is -1.53. The van der Waals surface area contributed by atoms with E-state index < -0.39 is 0 Å². The average molecular weight is 263 g/mol. The van der Waals surface area contributed by atoms with Crippen LogP contribution in [0.5, 0.6) is 0 Å². The van der Waals surface area contributed by atoms with Crippen LogP contribution in [0.2, 0.25) is 0 Å². The van der Waals surface area contributed by atoms with Gasteiger partial charge in [-0.25, -0.2) is 4.68 Å². The zero-order chi connectivity index (χ0) is 13.0. The summed E-state index contributed by atoms with van der Waals surface area (Å²) in [5.41, 5.74) is 1.24. The fourth-order valence-corrected chi connectivity index (χ4v) is 1.87. The first kappa shape index (κ1) is 12.9. The molecule has 0 spiro atoms. The Morgan fingerprint density at radius 2 is 2.06 bits per heavy atom. The highest BCUT2D eigenvalue weighted by Gasteiger charge is 2.06. The van der Waals surface area contributed by atoms with Crippen molar-refractivity contribution >= 4 is 12.2 Å². The molecule has 0 bridgehead atoms. The molecule has 0 amide bonds. The highest BCUT2D eigenvalue weighted by Crippen LogP contribution is 2.04. The van der Waals surface area contributed by atoms with Gasteiger partial charge in [0.15, 0.2) is 4.77 Å². The second kappa shape index (κ2) is 5.88. The van der Waals surface area contributed by atoms with Crippen LogP contribution in [0.15, 0.2) is 30.9 Å². The molecule has 0 aliphatic rings. The zero-order valence-corrected chi connectivity index (χ0v) is 11.5. The van der Waals surface area contributed by atoms with E-state index in [9.17, 15) is 0 Å². The summed E-state index contributed by atoms with van der Waals surface area (Å²) in [6.45, 7) is 4.66. The molecule has 0 atom stereocenters. The predicted octanol–water partition coefficient (Wildman–Crippen LogP) is 1.83. The minimum absolute atomic E-state index is 0.707. The number of hydrogen-bond donors (Lipinski definition) is 0. The van der Waals surface area contributed by atoms with Gasteiger partial charge in [0.25, 0.3) is 0 Å². The number of aryl methyl sites for hydroxylation is 1. The van der Waals surface area contributed by atoms with E-state index >= 15 is 0 Å². The monoisotopic (exact) mass is 263 g/mol. The summed E-state index contributed by atoms with van der Waals surface area (Å²) in [7, 11) is 1.91. The molecule has 0 N–H and O–H groups in total. The van der Waals surface area contributed by atoms with Crippen LogP contribution in [0.3, 0.4) is 0 Å². The van der Waals surface area contributed by atoms with Crippen LogP contribution >= 0.6 is 12.2 Å². The molecule has 0 fully saturated rings. The molecule has 0 saturated heterocycles. The minimum Gasteiger partial charge on any atom is -0.310 e. The van der Waals surface area contributed by atoms with Crippen molar-refractivity contribution in [1.29, 1.82) is 0 Å². The lowest BCUT2D eigenvalue weighted by atomic mass is 10.2. The molecule has 5 nitrogen and oxygen atoms in total. The Bertz CT molecular complexity index is 545. The molecule has 0 radical (unpaired) electrons. The summed E-state index contributed by atoms with van der Waals surface area (Å²) < 4.78 is 4.42. The highest BCUT2D eigenvalue weighted by atomic mass is 32.1. The lowest BCUT2D eigenvalue weighted by molar-refractivity contribution is 0.207. The molecule has 0 unspecified atom stereocenters. The summed E-state index contributed by atoms with van der Waals surface area (Å²) in [4.78, 5) is 6.30. The maximum absolute atomic E-state index is 5.28. The van der Waals surface area contributed by atoms with Crippen LogP contribution in [0, 0.1) is 4.77 Å². The smallest absolute Gasteiger partial charge is 0.198 e. The number of rotatable bonds is 5. The third-order valence-electron chi connectivity index (χ3n) is 2.82. The van der Waals surface area contributed by atoms with E-state index in [4.69, 9.17) is 12.2 Å². The predicted molar refractivity (Wildman–Crippen MR) is 72.4 cm³/mol. The Morgan fingerprint density at radius 1 is 1.33 bits per heavy atom. The van der Waals surface area contributed by atoms with Crippen LogP contribution in [-0.2, 0) is 20.3 Å². The van der Waals surface area contributed by atoms with Gasteiger partial charge < -0.3 is 4.57 Å². The van der Waals surface area contributed by atoms with E-state index in [2.05, 4.69) is 21.9 Å². The molecule has 0 aliphatic heterocycles. The van der Waals surface area contributed by atoms with E-state index in [0.29, 0.717) is 6.67 Å². The minimum atomic E-state index is 0.707. The van der Waals surface area contributed by atoms with Gasteiger partial charge >= 0.3 is 0 Å². The molecule has 6 heteroatoms. The summed E-state index contributed by atoms with van der Waals surface area (Å²) in [5, 5.41) is 4.27. The third-order valence-corrected chi connectivity index (χ3v) is 3.32. The van der Waals surface area contributed by atoms with Crippen molar-refractivity contribution in [2.24, 2.45) is 7.05 Å². The van der Waals surface area contributed by atoms with Crippen molar-refractivity contribution in [2.45, 2.75) is 20.1 Å². The molecule has 18 heavy (non-hydrogen) atoms. The zero-order valence-electron chi connectivity index (χ0n) is 10.7. The largest absolute Gasteiger partial charge is 0.310 e. The second-order valence-electron chi connectivity index (χ2n) is 4.17. The summed E-state index contributed by atoms with van der Waals surface area (Å²) in [6, 6.07) is 4.06. The summed E-state index contributed by atoms with van der Waals surface area (Å²) in [5.74, 6) is 0. The van der Waals surface area contributed by atoms with Crippen molar-refractivity contribution < 1.29 is 0 Å². The van der Waals surface area contributed by atoms with Gasteiger partial charge in [-0.3, -0.25) is 9.88 Å². The van der Waals surface area contributed by atoms with Gasteiger partial charge in [0.1, 0.15) is 6.33 Å². The molecule has 2 rings (SSSR count). The first-order valence-electron chi connectivity index (χ1n) is 5.90. The van der Waals surface area contributed by atoms with Crippen LogP contribution < -0.4 is 0 Å². The third kappa shape index (κ3) is 3.02. The van der Waals surface area contributed by atoms with Crippen LogP contribution in [-0.4, -0.2) is 30.8 Å². The number of aromatic nitrogens is 4. The highest BCUT2D eigenvalue weighted by molar-refractivity contribution is 7.71. The average Bonchev–Trinajstić information content (AvgIpc) is 2.71. The van der Waals surface area contributed by atoms with Gasteiger partial charge in [-0.2, -0.15) is 5.10 Å². The van der Waals surface area contributed by atoms with E-state index in [1.165, 1.54) is 5.56 Å². The molecule has 0 aromatic carbocycles. The quantitative estimate of drug-likeness (QED) is 0.771. The van der Waals surface area contributed by atoms with Gasteiger partial charge in [-0.1, -0.05) is 6.92 Å². The van der Waals surface area contributed by atoms with Gasteiger partial charge in [0.2, 0.25) is 0 Å².